The molecule has 2 N–H and O–H groups in total. The minimum absolute atomic E-state index is 0.155. The summed E-state index contributed by atoms with van der Waals surface area (Å²) in [4.78, 5) is 21.0. The van der Waals surface area contributed by atoms with E-state index in [9.17, 15) is 4.79 Å². The molecule has 0 bridgehead atoms. The third-order valence-electron chi connectivity index (χ3n) is 5.67. The highest BCUT2D eigenvalue weighted by Gasteiger charge is 2.13. The van der Waals surface area contributed by atoms with Crippen molar-refractivity contribution < 1.29 is 9.53 Å². The number of H-pyrrole nitrogens is 1. The minimum Gasteiger partial charge on any atom is -0.456 e. The summed E-state index contributed by atoms with van der Waals surface area (Å²) >= 11 is 1.58. The van der Waals surface area contributed by atoms with E-state index < -0.39 is 0 Å². The molecule has 0 fully saturated rings. The van der Waals surface area contributed by atoms with Crippen LogP contribution in [-0.4, -0.2) is 26.1 Å². The van der Waals surface area contributed by atoms with Crippen molar-refractivity contribution in [2.24, 2.45) is 0 Å². The van der Waals surface area contributed by atoms with Gasteiger partial charge in [-0.15, -0.1) is 11.3 Å². The van der Waals surface area contributed by atoms with Crippen LogP contribution in [-0.2, 0) is 4.79 Å². The van der Waals surface area contributed by atoms with Crippen LogP contribution in [0.15, 0.2) is 84.8 Å². The molecule has 0 saturated heterocycles. The molecule has 170 valence electrons. The average Bonchev–Trinajstić information content (AvgIpc) is 3.57. The summed E-state index contributed by atoms with van der Waals surface area (Å²) in [5.41, 5.74) is 5.12. The molecule has 0 spiro atoms. The predicted molar refractivity (Wildman–Crippen MR) is 139 cm³/mol. The van der Waals surface area contributed by atoms with Gasteiger partial charge in [0.1, 0.15) is 11.5 Å². The summed E-state index contributed by atoms with van der Waals surface area (Å²) in [5.74, 6) is 1.22. The molecular formula is C27H19N5O2S. The van der Waals surface area contributed by atoms with Crippen molar-refractivity contribution >= 4 is 43.9 Å². The number of aromatic nitrogens is 4. The van der Waals surface area contributed by atoms with Crippen molar-refractivity contribution in [2.45, 2.75) is 6.92 Å². The third kappa shape index (κ3) is 4.11. The van der Waals surface area contributed by atoms with E-state index in [1.165, 1.54) is 6.92 Å². The molecule has 4 aromatic heterocycles. The van der Waals surface area contributed by atoms with E-state index in [0.29, 0.717) is 11.4 Å². The first-order valence-corrected chi connectivity index (χ1v) is 11.8. The lowest BCUT2D eigenvalue weighted by molar-refractivity contribution is -0.114. The van der Waals surface area contributed by atoms with Crippen LogP contribution in [0.2, 0.25) is 0 Å². The Morgan fingerprint density at radius 1 is 0.971 bits per heavy atom. The van der Waals surface area contributed by atoms with E-state index >= 15 is 0 Å². The van der Waals surface area contributed by atoms with Gasteiger partial charge in [-0.25, -0.2) is 0 Å². The molecule has 0 saturated carbocycles. The maximum absolute atomic E-state index is 11.9. The Morgan fingerprint density at radius 2 is 1.91 bits per heavy atom. The molecule has 2 aromatic carbocycles. The van der Waals surface area contributed by atoms with Crippen LogP contribution >= 0.6 is 11.3 Å². The maximum Gasteiger partial charge on any atom is 0.221 e. The summed E-state index contributed by atoms with van der Waals surface area (Å²) in [5, 5.41) is 13.9. The van der Waals surface area contributed by atoms with Crippen LogP contribution in [0.25, 0.3) is 43.4 Å². The molecule has 0 radical (unpaired) electrons. The fraction of sp³-hybridized carbons (Fsp3) is 0.0370. The van der Waals surface area contributed by atoms with E-state index in [-0.39, 0.29) is 5.91 Å². The number of benzene rings is 2. The first-order chi connectivity index (χ1) is 17.1. The van der Waals surface area contributed by atoms with E-state index in [4.69, 9.17) is 9.72 Å². The first kappa shape index (κ1) is 21.0. The molecule has 6 rings (SSSR count). The van der Waals surface area contributed by atoms with E-state index in [2.05, 4.69) is 26.6 Å². The third-order valence-corrected chi connectivity index (χ3v) is 6.58. The number of pyridine rings is 2. The van der Waals surface area contributed by atoms with Crippen molar-refractivity contribution in [2.75, 3.05) is 5.32 Å². The predicted octanol–water partition coefficient (Wildman–Crippen LogP) is 6.65. The van der Waals surface area contributed by atoms with E-state index in [1.54, 1.807) is 23.7 Å². The zero-order valence-corrected chi connectivity index (χ0v) is 19.5. The number of rotatable bonds is 5. The van der Waals surface area contributed by atoms with Gasteiger partial charge in [-0.3, -0.25) is 19.9 Å². The standard InChI is InChI=1S/C27H19N5O2S/c1-16(33)32-23-5-4-21(34-26-6-8-28-24-7-9-35-27(24)26)12-22(23)25-11-19-10-17(20-14-30-31-15-20)2-3-18(19)13-29-25/h2-15H,1H3,(H,30,31)(H,32,33). The van der Waals surface area contributed by atoms with Crippen LogP contribution in [0.1, 0.15) is 6.92 Å². The lowest BCUT2D eigenvalue weighted by atomic mass is 10.0. The summed E-state index contributed by atoms with van der Waals surface area (Å²) in [6.45, 7) is 1.49. The molecule has 1 amide bonds. The smallest absolute Gasteiger partial charge is 0.221 e. The van der Waals surface area contributed by atoms with Gasteiger partial charge in [0.2, 0.25) is 5.91 Å². The Morgan fingerprint density at radius 3 is 2.77 bits per heavy atom. The molecule has 35 heavy (non-hydrogen) atoms. The quantitative estimate of drug-likeness (QED) is 0.290. The number of aromatic amines is 1. The van der Waals surface area contributed by atoms with Gasteiger partial charge in [0.15, 0.2) is 0 Å². The van der Waals surface area contributed by atoms with Gasteiger partial charge in [-0.1, -0.05) is 12.1 Å². The molecular weight excluding hydrogens is 458 g/mol. The average molecular weight is 478 g/mol. The normalized spacial score (nSPS) is 11.1. The summed E-state index contributed by atoms with van der Waals surface area (Å²) in [6, 6.07) is 17.6. The Bertz CT molecular complexity index is 1690. The lowest BCUT2D eigenvalue weighted by Gasteiger charge is -2.14. The van der Waals surface area contributed by atoms with Crippen molar-refractivity contribution in [3.05, 3.63) is 84.8 Å². The topological polar surface area (TPSA) is 92.8 Å². The molecule has 0 aliphatic heterocycles. The van der Waals surface area contributed by atoms with Crippen LogP contribution in [0.5, 0.6) is 11.5 Å². The van der Waals surface area contributed by atoms with Crippen molar-refractivity contribution in [1.82, 2.24) is 20.2 Å². The number of ether oxygens (including phenoxy) is 1. The molecule has 0 aliphatic rings. The van der Waals surface area contributed by atoms with Crippen molar-refractivity contribution in [1.29, 1.82) is 0 Å². The van der Waals surface area contributed by atoms with Gasteiger partial charge in [0.25, 0.3) is 0 Å². The number of nitrogens with zero attached hydrogens (tertiary/aromatic N) is 3. The van der Waals surface area contributed by atoms with E-state index in [1.807, 2.05) is 66.3 Å². The number of carbonyl (C=O) groups excluding carboxylic acids is 1. The number of amides is 1. The number of thiophene rings is 1. The highest BCUT2D eigenvalue weighted by Crippen LogP contribution is 2.37. The Kier molecular flexibility index (Phi) is 5.20. The SMILES string of the molecule is CC(=O)Nc1ccc(Oc2ccnc3ccsc23)cc1-c1cc2cc(-c3cn[nH]c3)ccc2cn1. The minimum atomic E-state index is -0.155. The highest BCUT2D eigenvalue weighted by molar-refractivity contribution is 7.17. The summed E-state index contributed by atoms with van der Waals surface area (Å²) in [7, 11) is 0. The number of anilines is 1. The van der Waals surface area contributed by atoms with Crippen LogP contribution in [0.4, 0.5) is 5.69 Å². The Hall–Kier alpha value is -4.56. The monoisotopic (exact) mass is 477 g/mol. The van der Waals surface area contributed by atoms with Crippen LogP contribution < -0.4 is 10.1 Å². The van der Waals surface area contributed by atoms with Gasteiger partial charge in [0, 0.05) is 48.1 Å². The largest absolute Gasteiger partial charge is 0.456 e. The zero-order chi connectivity index (χ0) is 23.8. The first-order valence-electron chi connectivity index (χ1n) is 10.9. The molecule has 0 atom stereocenters. The molecule has 6 aromatic rings. The second kappa shape index (κ2) is 8.66. The molecule has 8 heteroatoms. The number of hydrogen-bond donors (Lipinski definition) is 2. The van der Waals surface area contributed by atoms with E-state index in [0.717, 1.165) is 49.1 Å². The van der Waals surface area contributed by atoms with Crippen molar-refractivity contribution in [3.8, 4) is 33.9 Å². The van der Waals surface area contributed by atoms with Crippen molar-refractivity contribution in [3.63, 3.8) is 0 Å². The molecule has 7 nitrogen and oxygen atoms in total. The van der Waals surface area contributed by atoms with Gasteiger partial charge < -0.3 is 10.1 Å². The molecule has 0 unspecified atom stereocenters. The fourth-order valence-electron chi connectivity index (χ4n) is 4.03. The number of fused-ring (bicyclic) bond motifs is 2. The van der Waals surface area contributed by atoms with Crippen LogP contribution in [0, 0.1) is 0 Å². The van der Waals surface area contributed by atoms with Crippen LogP contribution in [0.3, 0.4) is 0 Å². The Balaban J connectivity index is 1.44. The summed E-state index contributed by atoms with van der Waals surface area (Å²) in [6.07, 6.45) is 7.23. The Labute approximate surface area is 204 Å². The van der Waals surface area contributed by atoms with Gasteiger partial charge in [-0.2, -0.15) is 5.10 Å². The second-order valence-corrected chi connectivity index (χ2v) is 8.97. The number of hydrogen-bond acceptors (Lipinski definition) is 6. The number of nitrogens with one attached hydrogen (secondary N) is 2. The van der Waals surface area contributed by atoms with Gasteiger partial charge in [-0.05, 0) is 52.7 Å². The molecule has 0 aliphatic carbocycles. The summed E-state index contributed by atoms with van der Waals surface area (Å²) < 4.78 is 7.23. The number of carbonyl (C=O) groups is 1. The maximum atomic E-state index is 11.9. The molecule has 4 heterocycles. The van der Waals surface area contributed by atoms with Gasteiger partial charge in [0.05, 0.1) is 27.8 Å². The highest BCUT2D eigenvalue weighted by atomic mass is 32.1. The lowest BCUT2D eigenvalue weighted by Crippen LogP contribution is -2.07. The second-order valence-electron chi connectivity index (χ2n) is 8.05. The fourth-order valence-corrected chi connectivity index (χ4v) is 4.83. The zero-order valence-electron chi connectivity index (χ0n) is 18.6. The van der Waals surface area contributed by atoms with Gasteiger partial charge >= 0.3 is 0 Å².